The van der Waals surface area contributed by atoms with E-state index in [-0.39, 0.29) is 24.2 Å². The smallest absolute Gasteiger partial charge is 0.320 e. The number of rotatable bonds is 9. The maximum Gasteiger partial charge on any atom is 0.320 e. The summed E-state index contributed by atoms with van der Waals surface area (Å²) in [7, 11) is 0. The average molecular weight is 465 g/mol. The molecule has 1 fully saturated rings. The number of carbonyl (C=O) groups is 2. The molecule has 0 aliphatic heterocycles. The molecular formula is C25H28N4O5. The highest BCUT2D eigenvalue weighted by Gasteiger charge is 2.24. The molecule has 9 heteroatoms. The van der Waals surface area contributed by atoms with Crippen LogP contribution in [0.3, 0.4) is 0 Å². The van der Waals surface area contributed by atoms with Crippen LogP contribution < -0.4 is 15.4 Å². The quantitative estimate of drug-likeness (QED) is 0.394. The van der Waals surface area contributed by atoms with Crippen LogP contribution in [0.25, 0.3) is 0 Å². The number of aliphatic carboxylic acids is 1. The number of aromatic nitrogens is 2. The van der Waals surface area contributed by atoms with E-state index in [0.717, 1.165) is 25.7 Å². The van der Waals surface area contributed by atoms with E-state index in [4.69, 9.17) is 14.3 Å². The van der Waals surface area contributed by atoms with Crippen LogP contribution in [-0.4, -0.2) is 33.8 Å². The van der Waals surface area contributed by atoms with Gasteiger partial charge in [-0.15, -0.1) is 5.10 Å². The second-order valence-corrected chi connectivity index (χ2v) is 8.39. The fourth-order valence-electron chi connectivity index (χ4n) is 4.29. The van der Waals surface area contributed by atoms with Gasteiger partial charge in [0, 0.05) is 23.9 Å². The Morgan fingerprint density at radius 2 is 1.82 bits per heavy atom. The van der Waals surface area contributed by atoms with Crippen LogP contribution in [-0.2, 0) is 4.79 Å². The van der Waals surface area contributed by atoms with E-state index in [0.29, 0.717) is 29.6 Å². The lowest BCUT2D eigenvalue weighted by molar-refractivity contribution is -0.138. The molecule has 1 aliphatic rings. The monoisotopic (exact) mass is 464 g/mol. The molecule has 1 heterocycles. The van der Waals surface area contributed by atoms with Crippen LogP contribution in [0.4, 0.5) is 17.4 Å². The molecule has 0 bridgehead atoms. The van der Waals surface area contributed by atoms with Crippen LogP contribution in [0.2, 0.25) is 0 Å². The number of benzene rings is 2. The Bertz CT molecular complexity index is 1120. The van der Waals surface area contributed by atoms with Gasteiger partial charge in [-0.05, 0) is 74.3 Å². The van der Waals surface area contributed by atoms with E-state index in [1.165, 1.54) is 5.56 Å². The number of nitrogens with one attached hydrogen (secondary N) is 2. The van der Waals surface area contributed by atoms with E-state index < -0.39 is 11.9 Å². The third-order valence-corrected chi connectivity index (χ3v) is 5.97. The van der Waals surface area contributed by atoms with Crippen molar-refractivity contribution in [2.75, 3.05) is 17.2 Å². The van der Waals surface area contributed by atoms with Crippen molar-refractivity contribution in [2.24, 2.45) is 5.92 Å². The number of carbonyl (C=O) groups excluding carboxylic acids is 1. The van der Waals surface area contributed by atoms with Crippen molar-refractivity contribution >= 4 is 29.3 Å². The van der Waals surface area contributed by atoms with Gasteiger partial charge in [-0.1, -0.05) is 23.3 Å². The lowest BCUT2D eigenvalue weighted by Crippen LogP contribution is -2.16. The number of nitrogens with zero attached hydrogens (tertiary/aromatic N) is 2. The zero-order valence-electron chi connectivity index (χ0n) is 19.0. The minimum Gasteiger partial charge on any atom is -0.494 e. The summed E-state index contributed by atoms with van der Waals surface area (Å²) in [5.41, 5.74) is 2.53. The Labute approximate surface area is 197 Å². The SMILES string of the molecule is CCOc1cccc(Nc2nnc(C(=O)Nc3ccc(C4CCC(CC(=O)O)CC4)cc3)o2)c1. The Balaban J connectivity index is 1.31. The maximum absolute atomic E-state index is 12.5. The third-order valence-electron chi connectivity index (χ3n) is 5.97. The summed E-state index contributed by atoms with van der Waals surface area (Å²) in [6, 6.07) is 15.1. The van der Waals surface area contributed by atoms with Gasteiger partial charge in [0.05, 0.1) is 6.61 Å². The predicted molar refractivity (Wildman–Crippen MR) is 127 cm³/mol. The largest absolute Gasteiger partial charge is 0.494 e. The van der Waals surface area contributed by atoms with Crippen LogP contribution in [0.5, 0.6) is 5.75 Å². The summed E-state index contributed by atoms with van der Waals surface area (Å²) < 4.78 is 10.9. The highest BCUT2D eigenvalue weighted by molar-refractivity contribution is 6.00. The molecule has 3 aromatic rings. The van der Waals surface area contributed by atoms with Gasteiger partial charge in [-0.2, -0.15) is 0 Å². The fraction of sp³-hybridized carbons (Fsp3) is 0.360. The molecule has 4 rings (SSSR count). The number of carboxylic acid groups (broad SMARTS) is 1. The maximum atomic E-state index is 12.5. The van der Waals surface area contributed by atoms with Crippen molar-refractivity contribution in [3.8, 4) is 5.75 Å². The third kappa shape index (κ3) is 6.12. The molecule has 0 spiro atoms. The lowest BCUT2D eigenvalue weighted by atomic mass is 9.77. The molecule has 1 saturated carbocycles. The minimum absolute atomic E-state index is 0.104. The van der Waals surface area contributed by atoms with Gasteiger partial charge in [0.1, 0.15) is 5.75 Å². The minimum atomic E-state index is -0.719. The van der Waals surface area contributed by atoms with Gasteiger partial charge in [0.25, 0.3) is 0 Å². The molecular weight excluding hydrogens is 436 g/mol. The number of carboxylic acids is 1. The van der Waals surface area contributed by atoms with E-state index >= 15 is 0 Å². The second-order valence-electron chi connectivity index (χ2n) is 8.39. The first kappa shape index (κ1) is 23.3. The summed E-state index contributed by atoms with van der Waals surface area (Å²) in [6.07, 6.45) is 4.08. The second kappa shape index (κ2) is 10.8. The Morgan fingerprint density at radius 3 is 2.53 bits per heavy atom. The van der Waals surface area contributed by atoms with Crippen molar-refractivity contribution < 1.29 is 23.8 Å². The molecule has 0 unspecified atom stereocenters. The number of ether oxygens (including phenoxy) is 1. The summed E-state index contributed by atoms with van der Waals surface area (Å²) in [5.74, 6) is 0.0374. The summed E-state index contributed by atoms with van der Waals surface area (Å²) >= 11 is 0. The van der Waals surface area contributed by atoms with Gasteiger partial charge < -0.3 is 24.9 Å². The number of amides is 1. The van der Waals surface area contributed by atoms with Gasteiger partial charge in [0.15, 0.2) is 0 Å². The van der Waals surface area contributed by atoms with Gasteiger partial charge in [-0.25, -0.2) is 0 Å². The Morgan fingerprint density at radius 1 is 1.06 bits per heavy atom. The highest BCUT2D eigenvalue weighted by Crippen LogP contribution is 2.37. The molecule has 1 aliphatic carbocycles. The molecule has 0 atom stereocenters. The van der Waals surface area contributed by atoms with Crippen molar-refractivity contribution in [3.05, 3.63) is 60.0 Å². The molecule has 34 heavy (non-hydrogen) atoms. The Hall–Kier alpha value is -3.88. The van der Waals surface area contributed by atoms with Gasteiger partial charge >= 0.3 is 23.8 Å². The first-order valence-corrected chi connectivity index (χ1v) is 11.5. The van der Waals surface area contributed by atoms with Gasteiger partial charge in [-0.3, -0.25) is 9.59 Å². The molecule has 0 radical (unpaired) electrons. The summed E-state index contributed by atoms with van der Waals surface area (Å²) in [6.45, 7) is 2.47. The van der Waals surface area contributed by atoms with Crippen molar-refractivity contribution in [1.29, 1.82) is 0 Å². The van der Waals surface area contributed by atoms with E-state index in [9.17, 15) is 9.59 Å². The first-order chi connectivity index (χ1) is 16.5. The molecule has 9 nitrogen and oxygen atoms in total. The predicted octanol–water partition coefficient (Wildman–Crippen LogP) is 5.21. The molecule has 1 aromatic heterocycles. The normalized spacial score (nSPS) is 17.7. The molecule has 0 saturated heterocycles. The zero-order valence-corrected chi connectivity index (χ0v) is 19.0. The zero-order chi connectivity index (χ0) is 23.9. The number of hydrogen-bond donors (Lipinski definition) is 3. The van der Waals surface area contributed by atoms with E-state index in [1.807, 2.05) is 49.4 Å². The van der Waals surface area contributed by atoms with Crippen LogP contribution >= 0.6 is 0 Å². The standard InChI is InChI=1S/C25H28N4O5/c1-2-33-21-5-3-4-20(15-21)27-25-29-28-24(34-25)23(32)26-19-12-10-18(11-13-19)17-8-6-16(7-9-17)14-22(30)31/h3-5,10-13,15-17H,2,6-9,14H2,1H3,(H,26,32)(H,27,29)(H,30,31). The van der Waals surface area contributed by atoms with Crippen LogP contribution in [0.15, 0.2) is 52.9 Å². The summed E-state index contributed by atoms with van der Waals surface area (Å²) in [4.78, 5) is 23.4. The number of hydrogen-bond acceptors (Lipinski definition) is 7. The lowest BCUT2D eigenvalue weighted by Gasteiger charge is -2.28. The number of anilines is 3. The van der Waals surface area contributed by atoms with E-state index in [2.05, 4.69) is 20.8 Å². The Kier molecular flexibility index (Phi) is 7.41. The summed E-state index contributed by atoms with van der Waals surface area (Å²) in [5, 5.41) is 22.4. The van der Waals surface area contributed by atoms with Crippen LogP contribution in [0.1, 0.15) is 61.2 Å². The van der Waals surface area contributed by atoms with Crippen molar-refractivity contribution in [1.82, 2.24) is 10.2 Å². The first-order valence-electron chi connectivity index (χ1n) is 11.5. The van der Waals surface area contributed by atoms with Crippen LogP contribution in [0, 0.1) is 5.92 Å². The fourth-order valence-corrected chi connectivity index (χ4v) is 4.29. The topological polar surface area (TPSA) is 127 Å². The molecule has 1 amide bonds. The van der Waals surface area contributed by atoms with E-state index in [1.54, 1.807) is 6.07 Å². The molecule has 3 N–H and O–H groups in total. The molecule has 2 aromatic carbocycles. The van der Waals surface area contributed by atoms with Crippen molar-refractivity contribution in [3.63, 3.8) is 0 Å². The van der Waals surface area contributed by atoms with Crippen molar-refractivity contribution in [2.45, 2.75) is 44.9 Å². The average Bonchev–Trinajstić information content (AvgIpc) is 3.29. The van der Waals surface area contributed by atoms with Gasteiger partial charge in [0.2, 0.25) is 0 Å². The highest BCUT2D eigenvalue weighted by atomic mass is 16.5. The molecule has 178 valence electrons.